The molecule has 27 heavy (non-hydrogen) atoms. The van der Waals surface area contributed by atoms with Crippen LogP contribution < -0.4 is 4.74 Å². The van der Waals surface area contributed by atoms with Gasteiger partial charge in [0.1, 0.15) is 17.0 Å². The topological polar surface area (TPSA) is 86.4 Å². The molecule has 134 valence electrons. The number of rotatable bonds is 4. The van der Waals surface area contributed by atoms with Crippen LogP contribution in [0.2, 0.25) is 0 Å². The Bertz CT molecular complexity index is 1060. The number of hydrogen-bond acceptors (Lipinski definition) is 6. The van der Waals surface area contributed by atoms with Gasteiger partial charge in [-0.3, -0.25) is 4.98 Å². The molecule has 7 nitrogen and oxygen atoms in total. The van der Waals surface area contributed by atoms with Crippen molar-refractivity contribution in [2.45, 2.75) is 13.3 Å². The van der Waals surface area contributed by atoms with E-state index in [4.69, 9.17) is 14.3 Å². The minimum Gasteiger partial charge on any atom is -0.437 e. The number of fused-ring (bicyclic) bond motifs is 1. The van der Waals surface area contributed by atoms with E-state index in [1.807, 2.05) is 65.3 Å². The van der Waals surface area contributed by atoms with Gasteiger partial charge in [-0.15, -0.1) is 5.10 Å². The maximum absolute atomic E-state index is 8.12. The van der Waals surface area contributed by atoms with Crippen molar-refractivity contribution in [2.75, 3.05) is 0 Å². The molecule has 0 unspecified atom stereocenters. The normalized spacial score (nSPS) is 9.96. The molecule has 1 aromatic carbocycles. The minimum atomic E-state index is 0.250. The van der Waals surface area contributed by atoms with Gasteiger partial charge < -0.3 is 4.74 Å². The molecular formula is C20H16N4O3. The number of hydrogen-bond donors (Lipinski definition) is 0. The van der Waals surface area contributed by atoms with Crippen molar-refractivity contribution in [1.82, 2.24) is 19.6 Å². The average Bonchev–Trinajstić information content (AvgIpc) is 3.13. The Kier molecular flexibility index (Phi) is 5.67. The first-order valence-corrected chi connectivity index (χ1v) is 8.28. The molecule has 0 spiro atoms. The number of ether oxygens (including phenoxy) is 1. The van der Waals surface area contributed by atoms with Crippen molar-refractivity contribution in [3.63, 3.8) is 0 Å². The van der Waals surface area contributed by atoms with Gasteiger partial charge in [-0.25, -0.2) is 4.52 Å². The first-order chi connectivity index (χ1) is 13.3. The number of aromatic nitrogens is 4. The summed E-state index contributed by atoms with van der Waals surface area (Å²) in [5.41, 5.74) is 2.75. The first-order valence-electron chi connectivity index (χ1n) is 8.28. The van der Waals surface area contributed by atoms with Crippen LogP contribution in [0.25, 0.3) is 17.0 Å². The highest BCUT2D eigenvalue weighted by Crippen LogP contribution is 2.29. The lowest BCUT2D eigenvalue weighted by atomic mass is 10.2. The number of para-hydroxylation sites is 1. The predicted octanol–water partition coefficient (Wildman–Crippen LogP) is 3.56. The highest BCUT2D eigenvalue weighted by molar-refractivity contribution is 5.66. The SMILES string of the molecule is CCc1ccn2nc(-c3ccccn3)nc(Oc3ccccc3)c12.O=C=O. The van der Waals surface area contributed by atoms with Crippen LogP contribution in [-0.2, 0) is 16.0 Å². The summed E-state index contributed by atoms with van der Waals surface area (Å²) in [6.45, 7) is 2.11. The predicted molar refractivity (Wildman–Crippen MR) is 97.1 cm³/mol. The summed E-state index contributed by atoms with van der Waals surface area (Å²) in [6, 6.07) is 17.4. The van der Waals surface area contributed by atoms with Crippen molar-refractivity contribution < 1.29 is 14.3 Å². The lowest BCUT2D eigenvalue weighted by Gasteiger charge is -2.09. The van der Waals surface area contributed by atoms with Crippen molar-refractivity contribution in [2.24, 2.45) is 0 Å². The third-order valence-electron chi connectivity index (χ3n) is 3.80. The third kappa shape index (κ3) is 4.05. The Morgan fingerprint density at radius 2 is 1.78 bits per heavy atom. The van der Waals surface area contributed by atoms with Gasteiger partial charge in [0, 0.05) is 12.4 Å². The lowest BCUT2D eigenvalue weighted by molar-refractivity contribution is -0.191. The van der Waals surface area contributed by atoms with E-state index < -0.39 is 0 Å². The minimum absolute atomic E-state index is 0.250. The Labute approximate surface area is 155 Å². The van der Waals surface area contributed by atoms with Crippen LogP contribution in [0.5, 0.6) is 11.6 Å². The number of pyridine rings is 1. The summed E-state index contributed by atoms with van der Waals surface area (Å²) in [7, 11) is 0. The highest BCUT2D eigenvalue weighted by atomic mass is 16.5. The molecule has 0 fully saturated rings. The third-order valence-corrected chi connectivity index (χ3v) is 3.80. The molecule has 0 aliphatic heterocycles. The van der Waals surface area contributed by atoms with Gasteiger partial charge in [0.05, 0.1) is 0 Å². The summed E-state index contributed by atoms with van der Waals surface area (Å²) in [5.74, 6) is 1.82. The van der Waals surface area contributed by atoms with Crippen molar-refractivity contribution in [1.29, 1.82) is 0 Å². The van der Waals surface area contributed by atoms with Gasteiger partial charge in [0.2, 0.25) is 11.7 Å². The summed E-state index contributed by atoms with van der Waals surface area (Å²) in [4.78, 5) is 25.2. The smallest absolute Gasteiger partial charge is 0.373 e. The standard InChI is InChI=1S/C19H16N4O.CO2/c1-2-14-11-13-23-17(14)19(24-15-8-4-3-5-9-15)21-18(22-23)16-10-6-7-12-20-16;2-1-3/h3-13H,2H2,1H3;. The molecule has 0 N–H and O–H groups in total. The zero-order valence-corrected chi connectivity index (χ0v) is 14.6. The van der Waals surface area contributed by atoms with Gasteiger partial charge >= 0.3 is 6.15 Å². The summed E-state index contributed by atoms with van der Waals surface area (Å²) in [6.07, 6.45) is 4.79. The molecule has 0 aliphatic rings. The van der Waals surface area contributed by atoms with Gasteiger partial charge in [-0.2, -0.15) is 14.6 Å². The Hall–Kier alpha value is -3.83. The maximum Gasteiger partial charge on any atom is 0.373 e. The fraction of sp³-hybridized carbons (Fsp3) is 0.100. The Balaban J connectivity index is 0.000000659. The second-order valence-electron chi connectivity index (χ2n) is 5.44. The van der Waals surface area contributed by atoms with Crippen molar-refractivity contribution in [3.8, 4) is 23.1 Å². The summed E-state index contributed by atoms with van der Waals surface area (Å²) >= 11 is 0. The quantitative estimate of drug-likeness (QED) is 0.553. The number of nitrogens with zero attached hydrogens (tertiary/aromatic N) is 4. The molecular weight excluding hydrogens is 344 g/mol. The summed E-state index contributed by atoms with van der Waals surface area (Å²) < 4.78 is 7.87. The number of benzene rings is 1. The largest absolute Gasteiger partial charge is 0.437 e. The molecule has 0 saturated carbocycles. The lowest BCUT2D eigenvalue weighted by Crippen LogP contribution is -2.02. The molecule has 0 aliphatic carbocycles. The van der Waals surface area contributed by atoms with Gasteiger partial charge in [0.25, 0.3) is 0 Å². The van der Waals surface area contributed by atoms with E-state index in [2.05, 4.69) is 22.0 Å². The average molecular weight is 360 g/mol. The second kappa shape index (κ2) is 8.51. The van der Waals surface area contributed by atoms with Crippen LogP contribution in [0, 0.1) is 0 Å². The second-order valence-corrected chi connectivity index (χ2v) is 5.44. The van der Waals surface area contributed by atoms with Crippen LogP contribution in [0.1, 0.15) is 12.5 Å². The Morgan fingerprint density at radius 1 is 1.04 bits per heavy atom. The van der Waals surface area contributed by atoms with Crippen molar-refractivity contribution >= 4 is 11.7 Å². The van der Waals surface area contributed by atoms with E-state index in [1.165, 1.54) is 0 Å². The number of carbonyl (C=O) groups excluding carboxylic acids is 2. The molecule has 0 radical (unpaired) electrons. The molecule has 4 rings (SSSR count). The van der Waals surface area contributed by atoms with Crippen LogP contribution in [0.4, 0.5) is 0 Å². The van der Waals surface area contributed by atoms with E-state index in [0.717, 1.165) is 23.3 Å². The monoisotopic (exact) mass is 360 g/mol. The number of aryl methyl sites for hydroxylation is 1. The van der Waals surface area contributed by atoms with Crippen LogP contribution >= 0.6 is 0 Å². The molecule has 7 heteroatoms. The van der Waals surface area contributed by atoms with Crippen LogP contribution in [-0.4, -0.2) is 25.7 Å². The Morgan fingerprint density at radius 3 is 2.44 bits per heavy atom. The molecule has 0 saturated heterocycles. The van der Waals surface area contributed by atoms with Crippen LogP contribution in [0.3, 0.4) is 0 Å². The zero-order chi connectivity index (χ0) is 19.1. The molecule has 0 bridgehead atoms. The summed E-state index contributed by atoms with van der Waals surface area (Å²) in [5, 5.41) is 4.58. The molecule has 0 amide bonds. The van der Waals surface area contributed by atoms with E-state index in [-0.39, 0.29) is 6.15 Å². The van der Waals surface area contributed by atoms with E-state index in [9.17, 15) is 0 Å². The fourth-order valence-corrected chi connectivity index (χ4v) is 2.61. The molecule has 0 atom stereocenters. The maximum atomic E-state index is 8.12. The highest BCUT2D eigenvalue weighted by Gasteiger charge is 2.15. The van der Waals surface area contributed by atoms with E-state index in [0.29, 0.717) is 17.4 Å². The first kappa shape index (κ1) is 18.0. The van der Waals surface area contributed by atoms with Gasteiger partial charge in [-0.1, -0.05) is 31.2 Å². The molecule has 3 aromatic heterocycles. The molecule has 3 heterocycles. The van der Waals surface area contributed by atoms with E-state index in [1.54, 1.807) is 6.20 Å². The van der Waals surface area contributed by atoms with Crippen LogP contribution in [0.15, 0.2) is 67.0 Å². The fourth-order valence-electron chi connectivity index (χ4n) is 2.61. The zero-order valence-electron chi connectivity index (χ0n) is 14.6. The van der Waals surface area contributed by atoms with E-state index >= 15 is 0 Å². The van der Waals surface area contributed by atoms with Gasteiger partial charge in [0.15, 0.2) is 0 Å². The van der Waals surface area contributed by atoms with Gasteiger partial charge in [-0.05, 0) is 42.3 Å². The van der Waals surface area contributed by atoms with Crippen molar-refractivity contribution in [3.05, 3.63) is 72.6 Å². The molecule has 4 aromatic rings.